The van der Waals surface area contributed by atoms with Crippen molar-refractivity contribution in [2.75, 3.05) is 33.3 Å². The summed E-state index contributed by atoms with van der Waals surface area (Å²) in [4.78, 5) is 14.1. The third-order valence-corrected chi connectivity index (χ3v) is 4.43. The lowest BCUT2D eigenvalue weighted by molar-refractivity contribution is -0.122. The van der Waals surface area contributed by atoms with Gasteiger partial charge < -0.3 is 15.0 Å². The predicted octanol–water partition coefficient (Wildman–Crippen LogP) is 2.61. The maximum atomic E-state index is 11.8. The molecule has 1 saturated heterocycles. The summed E-state index contributed by atoms with van der Waals surface area (Å²) >= 11 is 3.43. The molecule has 1 fully saturated rings. The van der Waals surface area contributed by atoms with E-state index in [4.69, 9.17) is 4.74 Å². The number of amides is 1. The summed E-state index contributed by atoms with van der Waals surface area (Å²) in [5, 5.41) is 2.98. The van der Waals surface area contributed by atoms with E-state index < -0.39 is 0 Å². The summed E-state index contributed by atoms with van der Waals surface area (Å²) in [6.07, 6.45) is 3.71. The van der Waals surface area contributed by atoms with Crippen molar-refractivity contribution in [1.29, 1.82) is 0 Å². The van der Waals surface area contributed by atoms with Gasteiger partial charge in [-0.1, -0.05) is 28.1 Å². The van der Waals surface area contributed by atoms with E-state index in [1.807, 2.05) is 0 Å². The fourth-order valence-electron chi connectivity index (χ4n) is 2.57. The van der Waals surface area contributed by atoms with Gasteiger partial charge in [-0.2, -0.15) is 0 Å². The Labute approximate surface area is 141 Å². The van der Waals surface area contributed by atoms with Gasteiger partial charge in [0, 0.05) is 30.5 Å². The van der Waals surface area contributed by atoms with Crippen molar-refractivity contribution in [3.63, 3.8) is 0 Å². The van der Waals surface area contributed by atoms with Crippen LogP contribution >= 0.6 is 15.9 Å². The number of rotatable bonds is 7. The number of nitrogens with one attached hydrogen (secondary N) is 1. The van der Waals surface area contributed by atoms with E-state index in [9.17, 15) is 4.79 Å². The number of unbranched alkanes of at least 4 members (excludes halogenated alkanes) is 1. The van der Waals surface area contributed by atoms with Gasteiger partial charge in [-0.3, -0.25) is 4.79 Å². The van der Waals surface area contributed by atoms with Crippen LogP contribution in [0.25, 0.3) is 0 Å². The second-order valence-corrected chi connectivity index (χ2v) is 6.81. The van der Waals surface area contributed by atoms with Crippen molar-refractivity contribution >= 4 is 21.8 Å². The Morgan fingerprint density at radius 3 is 2.86 bits per heavy atom. The molecule has 1 N–H and O–H groups in total. The largest absolute Gasteiger partial charge is 0.374 e. The molecular weight excluding hydrogens is 344 g/mol. The minimum Gasteiger partial charge on any atom is -0.374 e. The number of nitrogens with zero attached hydrogens (tertiary/aromatic N) is 1. The molecule has 2 rings (SSSR count). The van der Waals surface area contributed by atoms with Crippen LogP contribution in [0.3, 0.4) is 0 Å². The van der Waals surface area contributed by atoms with Crippen molar-refractivity contribution < 1.29 is 9.53 Å². The highest BCUT2D eigenvalue weighted by Crippen LogP contribution is 2.12. The summed E-state index contributed by atoms with van der Waals surface area (Å²) in [5.74, 6) is 0.132. The summed E-state index contributed by atoms with van der Waals surface area (Å²) in [6, 6.07) is 8.37. The molecule has 0 aliphatic carbocycles. The van der Waals surface area contributed by atoms with Gasteiger partial charge in [0.15, 0.2) is 0 Å². The average Bonchev–Trinajstić information content (AvgIpc) is 2.51. The van der Waals surface area contributed by atoms with Crippen LogP contribution < -0.4 is 5.32 Å². The molecule has 5 heteroatoms. The Kier molecular flexibility index (Phi) is 7.36. The van der Waals surface area contributed by atoms with Crippen LogP contribution in [0.1, 0.15) is 24.8 Å². The third-order valence-electron chi connectivity index (χ3n) is 3.90. The second kappa shape index (κ2) is 9.28. The predicted molar refractivity (Wildman–Crippen MR) is 91.9 cm³/mol. The molecule has 1 aromatic carbocycles. The first-order chi connectivity index (χ1) is 10.6. The Morgan fingerprint density at radius 2 is 2.14 bits per heavy atom. The van der Waals surface area contributed by atoms with Crippen molar-refractivity contribution in [2.45, 2.75) is 31.8 Å². The van der Waals surface area contributed by atoms with Crippen LogP contribution in [0.15, 0.2) is 28.7 Å². The molecule has 1 amide bonds. The highest BCUT2D eigenvalue weighted by molar-refractivity contribution is 9.10. The number of hydrogen-bond acceptors (Lipinski definition) is 3. The Hall–Kier alpha value is -0.910. The lowest BCUT2D eigenvalue weighted by Gasteiger charge is -2.30. The molecule has 1 atom stereocenters. The number of likely N-dealkylation sites (N-methyl/N-ethyl adjacent to an activating group) is 1. The highest BCUT2D eigenvalue weighted by Gasteiger charge is 2.17. The fourth-order valence-corrected chi connectivity index (χ4v) is 2.84. The first-order valence-corrected chi connectivity index (χ1v) is 8.74. The minimum atomic E-state index is 0.130. The number of benzene rings is 1. The van der Waals surface area contributed by atoms with Gasteiger partial charge in [-0.15, -0.1) is 0 Å². The van der Waals surface area contributed by atoms with Crippen molar-refractivity contribution in [3.8, 4) is 0 Å². The minimum absolute atomic E-state index is 0.130. The first-order valence-electron chi connectivity index (χ1n) is 7.95. The number of carbonyl (C=O) groups is 1. The number of halogens is 1. The van der Waals surface area contributed by atoms with Crippen LogP contribution in [0.4, 0.5) is 0 Å². The molecule has 1 aliphatic heterocycles. The molecule has 0 spiro atoms. The number of aryl methyl sites for hydroxylation is 1. The number of morpholine rings is 1. The van der Waals surface area contributed by atoms with Gasteiger partial charge in [0.2, 0.25) is 5.91 Å². The van der Waals surface area contributed by atoms with E-state index >= 15 is 0 Å². The van der Waals surface area contributed by atoms with E-state index in [1.165, 1.54) is 5.56 Å². The van der Waals surface area contributed by atoms with Crippen LogP contribution in [0, 0.1) is 0 Å². The molecular formula is C17H25BrN2O2. The van der Waals surface area contributed by atoms with E-state index in [0.29, 0.717) is 13.0 Å². The number of hydrogen-bond donors (Lipinski definition) is 1. The van der Waals surface area contributed by atoms with E-state index in [1.54, 1.807) is 0 Å². The smallest absolute Gasteiger partial charge is 0.220 e. The van der Waals surface area contributed by atoms with Crippen LogP contribution in [-0.2, 0) is 16.0 Å². The summed E-state index contributed by atoms with van der Waals surface area (Å²) in [5.41, 5.74) is 1.32. The monoisotopic (exact) mass is 368 g/mol. The van der Waals surface area contributed by atoms with Crippen molar-refractivity contribution in [1.82, 2.24) is 10.2 Å². The van der Waals surface area contributed by atoms with E-state index in [2.05, 4.69) is 57.5 Å². The molecule has 1 unspecified atom stereocenters. The van der Waals surface area contributed by atoms with Crippen LogP contribution in [0.5, 0.6) is 0 Å². The van der Waals surface area contributed by atoms with Crippen LogP contribution in [-0.4, -0.2) is 50.2 Å². The normalized spacial score (nSPS) is 19.1. The maximum Gasteiger partial charge on any atom is 0.220 e. The molecule has 1 aliphatic rings. The summed E-state index contributed by atoms with van der Waals surface area (Å²) < 4.78 is 6.73. The Morgan fingerprint density at radius 1 is 1.36 bits per heavy atom. The first kappa shape index (κ1) is 17.4. The van der Waals surface area contributed by atoms with Gasteiger partial charge in [0.1, 0.15) is 0 Å². The Bertz CT molecular complexity index is 464. The zero-order valence-electron chi connectivity index (χ0n) is 13.2. The zero-order valence-corrected chi connectivity index (χ0v) is 14.8. The standard InChI is InChI=1S/C17H25BrN2O2/c1-20-10-11-22-16(13-20)12-19-17(21)5-3-2-4-14-6-8-15(18)9-7-14/h6-9,16H,2-5,10-13H2,1H3,(H,19,21). The van der Waals surface area contributed by atoms with E-state index in [0.717, 1.165) is 43.4 Å². The molecule has 0 aromatic heterocycles. The number of ether oxygens (including phenoxy) is 1. The SMILES string of the molecule is CN1CCOC(CNC(=O)CCCCc2ccc(Br)cc2)C1. The topological polar surface area (TPSA) is 41.6 Å². The average molecular weight is 369 g/mol. The Balaban J connectivity index is 1.55. The van der Waals surface area contributed by atoms with Gasteiger partial charge in [-0.05, 0) is 44.0 Å². The van der Waals surface area contributed by atoms with Gasteiger partial charge in [0.25, 0.3) is 0 Å². The molecule has 1 heterocycles. The second-order valence-electron chi connectivity index (χ2n) is 5.89. The molecule has 22 heavy (non-hydrogen) atoms. The van der Waals surface area contributed by atoms with Crippen LogP contribution in [0.2, 0.25) is 0 Å². The molecule has 0 radical (unpaired) electrons. The maximum absolute atomic E-state index is 11.8. The summed E-state index contributed by atoms with van der Waals surface area (Å²) in [7, 11) is 2.08. The van der Waals surface area contributed by atoms with Gasteiger partial charge in [-0.25, -0.2) is 0 Å². The lowest BCUT2D eigenvalue weighted by Crippen LogP contribution is -2.45. The fraction of sp³-hybridized carbons (Fsp3) is 0.588. The van der Waals surface area contributed by atoms with Gasteiger partial charge >= 0.3 is 0 Å². The van der Waals surface area contributed by atoms with E-state index in [-0.39, 0.29) is 12.0 Å². The molecule has 0 saturated carbocycles. The highest BCUT2D eigenvalue weighted by atomic mass is 79.9. The summed E-state index contributed by atoms with van der Waals surface area (Å²) in [6.45, 7) is 3.24. The van der Waals surface area contributed by atoms with Crippen molar-refractivity contribution in [3.05, 3.63) is 34.3 Å². The quantitative estimate of drug-likeness (QED) is 0.752. The third kappa shape index (κ3) is 6.46. The number of carbonyl (C=O) groups excluding carboxylic acids is 1. The molecule has 1 aromatic rings. The van der Waals surface area contributed by atoms with Gasteiger partial charge in [0.05, 0.1) is 12.7 Å². The van der Waals surface area contributed by atoms with Crippen molar-refractivity contribution in [2.24, 2.45) is 0 Å². The molecule has 4 nitrogen and oxygen atoms in total. The molecule has 0 bridgehead atoms. The zero-order chi connectivity index (χ0) is 15.8. The lowest BCUT2D eigenvalue weighted by atomic mass is 10.1. The molecule has 122 valence electrons.